The van der Waals surface area contributed by atoms with E-state index in [1.165, 1.54) is 0 Å². The molecule has 1 heterocycles. The molecule has 28 heavy (non-hydrogen) atoms. The van der Waals surface area contributed by atoms with E-state index in [1.54, 1.807) is 14.2 Å². The van der Waals surface area contributed by atoms with Crippen molar-refractivity contribution in [2.75, 3.05) is 74.3 Å². The minimum absolute atomic E-state index is 0.0912. The standard InChI is InChI=1S/C20H35N5O3/c1-24(2)17(16-6-7-18(26-3)19(14-16)27-4)15-23-20(21)22-8-5-9-25-10-12-28-13-11-25/h6-7,14,17H,5,8-13,15H2,1-4H3,(H3,21,22,23). The van der Waals surface area contributed by atoms with E-state index in [9.17, 15) is 0 Å². The number of nitrogens with one attached hydrogen (secondary N) is 1. The van der Waals surface area contributed by atoms with Crippen LogP contribution in [0.2, 0.25) is 0 Å². The number of aliphatic imine (C=N–C) groups is 1. The van der Waals surface area contributed by atoms with E-state index in [4.69, 9.17) is 19.9 Å². The third kappa shape index (κ3) is 6.85. The summed E-state index contributed by atoms with van der Waals surface area (Å²) in [5, 5.41) is 3.22. The highest BCUT2D eigenvalue weighted by Gasteiger charge is 2.16. The van der Waals surface area contributed by atoms with Gasteiger partial charge in [0.1, 0.15) is 0 Å². The molecule has 0 bridgehead atoms. The SMILES string of the molecule is COc1ccc(C(CN=C(N)NCCCN2CCOCC2)N(C)C)cc1OC. The normalized spacial score (nSPS) is 16.8. The highest BCUT2D eigenvalue weighted by atomic mass is 16.5. The van der Waals surface area contributed by atoms with E-state index in [0.717, 1.165) is 51.4 Å². The zero-order chi connectivity index (χ0) is 20.4. The van der Waals surface area contributed by atoms with E-state index in [0.29, 0.717) is 24.0 Å². The maximum atomic E-state index is 6.06. The van der Waals surface area contributed by atoms with E-state index in [1.807, 2.05) is 32.3 Å². The first-order valence-corrected chi connectivity index (χ1v) is 9.77. The molecule has 0 amide bonds. The van der Waals surface area contributed by atoms with Crippen molar-refractivity contribution in [1.29, 1.82) is 0 Å². The fraction of sp³-hybridized carbons (Fsp3) is 0.650. The van der Waals surface area contributed by atoms with Crippen LogP contribution in [0, 0.1) is 0 Å². The summed E-state index contributed by atoms with van der Waals surface area (Å²) in [5.74, 6) is 1.91. The average Bonchev–Trinajstić information content (AvgIpc) is 2.71. The van der Waals surface area contributed by atoms with Gasteiger partial charge in [0.25, 0.3) is 0 Å². The molecule has 1 atom stereocenters. The number of rotatable bonds is 10. The van der Waals surface area contributed by atoms with Gasteiger partial charge in [-0.1, -0.05) is 6.07 Å². The summed E-state index contributed by atoms with van der Waals surface area (Å²) in [6.07, 6.45) is 1.03. The van der Waals surface area contributed by atoms with Crippen LogP contribution in [0.5, 0.6) is 11.5 Å². The second-order valence-corrected chi connectivity index (χ2v) is 7.05. The van der Waals surface area contributed by atoms with Crippen molar-refractivity contribution in [3.63, 3.8) is 0 Å². The number of likely N-dealkylation sites (N-methyl/N-ethyl adjacent to an activating group) is 1. The van der Waals surface area contributed by atoms with Crippen LogP contribution < -0.4 is 20.5 Å². The Hall–Kier alpha value is -2.03. The van der Waals surface area contributed by atoms with Crippen LogP contribution in [0.1, 0.15) is 18.0 Å². The molecule has 0 radical (unpaired) electrons. The van der Waals surface area contributed by atoms with Gasteiger partial charge in [-0.3, -0.25) is 9.89 Å². The summed E-state index contributed by atoms with van der Waals surface area (Å²) in [6, 6.07) is 6.04. The Morgan fingerprint density at radius 2 is 1.96 bits per heavy atom. The molecule has 1 fully saturated rings. The third-order valence-electron chi connectivity index (χ3n) is 4.91. The Balaban J connectivity index is 1.85. The summed E-state index contributed by atoms with van der Waals surface area (Å²) in [4.78, 5) is 9.08. The van der Waals surface area contributed by atoms with Gasteiger partial charge in [0, 0.05) is 19.6 Å². The Kier molecular flexibility index (Phi) is 9.33. The zero-order valence-electron chi connectivity index (χ0n) is 17.6. The molecule has 0 saturated carbocycles. The number of morpholine rings is 1. The summed E-state index contributed by atoms with van der Waals surface area (Å²) >= 11 is 0. The molecule has 1 aliphatic heterocycles. The molecule has 8 heteroatoms. The summed E-state index contributed by atoms with van der Waals surface area (Å²) < 4.78 is 16.1. The smallest absolute Gasteiger partial charge is 0.188 e. The van der Waals surface area contributed by atoms with Gasteiger partial charge in [-0.25, -0.2) is 0 Å². The summed E-state index contributed by atoms with van der Waals surface area (Å²) in [5.41, 5.74) is 7.17. The van der Waals surface area contributed by atoms with Crippen LogP contribution in [0.25, 0.3) is 0 Å². The van der Waals surface area contributed by atoms with Crippen LogP contribution in [0.3, 0.4) is 0 Å². The van der Waals surface area contributed by atoms with Crippen LogP contribution in [0.4, 0.5) is 0 Å². The number of nitrogens with two attached hydrogens (primary N) is 1. The van der Waals surface area contributed by atoms with Crippen LogP contribution in [0.15, 0.2) is 23.2 Å². The first-order valence-electron chi connectivity index (χ1n) is 9.77. The third-order valence-corrected chi connectivity index (χ3v) is 4.91. The van der Waals surface area contributed by atoms with Gasteiger partial charge < -0.3 is 30.2 Å². The minimum atomic E-state index is 0.0912. The predicted molar refractivity (Wildman–Crippen MR) is 112 cm³/mol. The molecular formula is C20H35N5O3. The predicted octanol–water partition coefficient (Wildman–Crippen LogP) is 0.933. The lowest BCUT2D eigenvalue weighted by Crippen LogP contribution is -2.39. The maximum Gasteiger partial charge on any atom is 0.188 e. The molecule has 1 saturated heterocycles. The van der Waals surface area contributed by atoms with Crippen molar-refractivity contribution in [3.8, 4) is 11.5 Å². The molecule has 1 unspecified atom stereocenters. The minimum Gasteiger partial charge on any atom is -0.493 e. The Bertz CT molecular complexity index is 618. The van der Waals surface area contributed by atoms with Gasteiger partial charge in [0.15, 0.2) is 17.5 Å². The molecule has 1 aromatic rings. The molecule has 0 aromatic heterocycles. The highest BCUT2D eigenvalue weighted by Crippen LogP contribution is 2.31. The fourth-order valence-corrected chi connectivity index (χ4v) is 3.21. The van der Waals surface area contributed by atoms with Crippen LogP contribution >= 0.6 is 0 Å². The molecule has 3 N–H and O–H groups in total. The van der Waals surface area contributed by atoms with Crippen LogP contribution in [-0.4, -0.2) is 90.0 Å². The van der Waals surface area contributed by atoms with Crippen molar-refractivity contribution in [3.05, 3.63) is 23.8 Å². The summed E-state index contributed by atoms with van der Waals surface area (Å²) in [7, 11) is 7.34. The molecule has 1 aliphatic rings. The van der Waals surface area contributed by atoms with Gasteiger partial charge in [0.05, 0.1) is 40.0 Å². The van der Waals surface area contributed by atoms with E-state index in [2.05, 4.69) is 20.1 Å². The van der Waals surface area contributed by atoms with Gasteiger partial charge >= 0.3 is 0 Å². The molecular weight excluding hydrogens is 358 g/mol. The number of hydrogen-bond acceptors (Lipinski definition) is 6. The number of methoxy groups -OCH3 is 2. The number of guanidine groups is 1. The molecule has 0 aliphatic carbocycles. The second-order valence-electron chi connectivity index (χ2n) is 7.05. The number of benzene rings is 1. The lowest BCUT2D eigenvalue weighted by atomic mass is 10.1. The Labute approximate surface area is 168 Å². The van der Waals surface area contributed by atoms with Crippen molar-refractivity contribution in [1.82, 2.24) is 15.1 Å². The first-order chi connectivity index (χ1) is 13.5. The molecule has 2 rings (SSSR count). The molecule has 1 aromatic carbocycles. The fourth-order valence-electron chi connectivity index (χ4n) is 3.21. The lowest BCUT2D eigenvalue weighted by Gasteiger charge is -2.26. The van der Waals surface area contributed by atoms with E-state index in [-0.39, 0.29) is 6.04 Å². The zero-order valence-corrected chi connectivity index (χ0v) is 17.6. The van der Waals surface area contributed by atoms with Gasteiger partial charge in [0.2, 0.25) is 0 Å². The van der Waals surface area contributed by atoms with Crippen molar-refractivity contribution < 1.29 is 14.2 Å². The van der Waals surface area contributed by atoms with Crippen molar-refractivity contribution in [2.24, 2.45) is 10.7 Å². The quantitative estimate of drug-likeness (QED) is 0.348. The second kappa shape index (κ2) is 11.7. The lowest BCUT2D eigenvalue weighted by molar-refractivity contribution is 0.0376. The largest absolute Gasteiger partial charge is 0.493 e. The van der Waals surface area contributed by atoms with E-state index >= 15 is 0 Å². The van der Waals surface area contributed by atoms with Crippen molar-refractivity contribution >= 4 is 5.96 Å². The highest BCUT2D eigenvalue weighted by molar-refractivity contribution is 5.77. The monoisotopic (exact) mass is 393 g/mol. The number of nitrogens with zero attached hydrogens (tertiary/aromatic N) is 3. The van der Waals surface area contributed by atoms with Crippen molar-refractivity contribution in [2.45, 2.75) is 12.5 Å². The van der Waals surface area contributed by atoms with E-state index < -0.39 is 0 Å². The topological polar surface area (TPSA) is 84.6 Å². The summed E-state index contributed by atoms with van der Waals surface area (Å²) in [6.45, 7) is 6.12. The first kappa shape index (κ1) is 22.3. The Morgan fingerprint density at radius 3 is 2.61 bits per heavy atom. The van der Waals surface area contributed by atoms with Gasteiger partial charge in [-0.2, -0.15) is 0 Å². The molecule has 158 valence electrons. The molecule has 8 nitrogen and oxygen atoms in total. The maximum absolute atomic E-state index is 6.06. The number of ether oxygens (including phenoxy) is 3. The van der Waals surface area contributed by atoms with Crippen LogP contribution in [-0.2, 0) is 4.74 Å². The van der Waals surface area contributed by atoms with Gasteiger partial charge in [-0.05, 0) is 44.8 Å². The molecule has 0 spiro atoms. The Morgan fingerprint density at radius 1 is 1.25 bits per heavy atom. The van der Waals surface area contributed by atoms with Gasteiger partial charge in [-0.15, -0.1) is 0 Å². The number of hydrogen-bond donors (Lipinski definition) is 2. The average molecular weight is 394 g/mol.